The van der Waals surface area contributed by atoms with Crippen molar-refractivity contribution in [1.29, 1.82) is 0 Å². The minimum Gasteiger partial charge on any atom is -0.465 e. The molecule has 1 aromatic carbocycles. The molecule has 0 unspecified atom stereocenters. The highest BCUT2D eigenvalue weighted by molar-refractivity contribution is 6.30. The highest BCUT2D eigenvalue weighted by Gasteiger charge is 2.22. The van der Waals surface area contributed by atoms with Gasteiger partial charge in [-0.15, -0.1) is 0 Å². The van der Waals surface area contributed by atoms with E-state index in [0.29, 0.717) is 17.0 Å². The Morgan fingerprint density at radius 3 is 2.36 bits per heavy atom. The fraction of sp³-hybridized carbons (Fsp3) is 0.250. The molecule has 0 saturated carbocycles. The Hall–Kier alpha value is -2.27. The molecular formula is C16H16ClNO4. The summed E-state index contributed by atoms with van der Waals surface area (Å²) in [4.78, 5) is 23.6. The predicted octanol–water partition coefficient (Wildman–Crippen LogP) is 2.53. The number of rotatable bonds is 3. The van der Waals surface area contributed by atoms with Crippen LogP contribution in [-0.2, 0) is 19.1 Å². The van der Waals surface area contributed by atoms with Gasteiger partial charge in [0.25, 0.3) is 0 Å². The zero-order valence-electron chi connectivity index (χ0n) is 12.3. The molecule has 1 aromatic rings. The molecule has 1 heterocycles. The molecule has 0 bridgehead atoms. The minimum absolute atomic E-state index is 0.176. The van der Waals surface area contributed by atoms with E-state index in [9.17, 15) is 9.59 Å². The van der Waals surface area contributed by atoms with Crippen molar-refractivity contribution >= 4 is 23.5 Å². The van der Waals surface area contributed by atoms with Crippen LogP contribution in [-0.4, -0.2) is 26.2 Å². The minimum atomic E-state index is -0.546. The van der Waals surface area contributed by atoms with Crippen molar-refractivity contribution in [3.8, 4) is 0 Å². The van der Waals surface area contributed by atoms with Gasteiger partial charge >= 0.3 is 11.9 Å². The average molecular weight is 322 g/mol. The van der Waals surface area contributed by atoms with Gasteiger partial charge in [0.15, 0.2) is 0 Å². The third-order valence-corrected chi connectivity index (χ3v) is 3.55. The summed E-state index contributed by atoms with van der Waals surface area (Å²) in [6, 6.07) is 7.11. The van der Waals surface area contributed by atoms with Crippen molar-refractivity contribution in [2.75, 3.05) is 14.2 Å². The molecule has 1 aliphatic heterocycles. The van der Waals surface area contributed by atoms with E-state index in [1.807, 2.05) is 12.1 Å². The molecule has 22 heavy (non-hydrogen) atoms. The molecule has 6 heteroatoms. The first kappa shape index (κ1) is 16.1. The lowest BCUT2D eigenvalue weighted by molar-refractivity contribution is -0.136. The van der Waals surface area contributed by atoms with Crippen LogP contribution in [0.5, 0.6) is 0 Å². The number of methoxy groups -OCH3 is 2. The van der Waals surface area contributed by atoms with Crippen molar-refractivity contribution in [2.45, 2.75) is 12.5 Å². The monoisotopic (exact) mass is 321 g/mol. The summed E-state index contributed by atoms with van der Waals surface area (Å²) < 4.78 is 9.45. The van der Waals surface area contributed by atoms with E-state index < -0.39 is 11.9 Å². The van der Waals surface area contributed by atoms with Crippen LogP contribution in [0.3, 0.4) is 0 Å². The van der Waals surface area contributed by atoms with Gasteiger partial charge in [0.1, 0.15) is 5.70 Å². The second-order valence-electron chi connectivity index (χ2n) is 4.68. The second kappa shape index (κ2) is 7.13. The molecule has 1 N–H and O–H groups in total. The molecule has 0 aromatic heterocycles. The Bertz CT molecular complexity index is 634. The lowest BCUT2D eigenvalue weighted by Gasteiger charge is -2.18. The maximum atomic E-state index is 11.9. The van der Waals surface area contributed by atoms with Crippen LogP contribution in [0, 0.1) is 0 Å². The maximum Gasteiger partial charge on any atom is 0.354 e. The van der Waals surface area contributed by atoms with Crippen LogP contribution in [0.2, 0.25) is 5.02 Å². The predicted molar refractivity (Wildman–Crippen MR) is 82.1 cm³/mol. The SMILES string of the molecule is COC(=O)C1=CC[C@@H](c2ccc(Cl)cc2)NC(C(=O)OC)=C1. The number of carbonyl (C=O) groups is 2. The van der Waals surface area contributed by atoms with Crippen LogP contribution in [0.1, 0.15) is 18.0 Å². The number of nitrogens with one attached hydrogen (secondary N) is 1. The zero-order chi connectivity index (χ0) is 16.1. The lowest BCUT2D eigenvalue weighted by Crippen LogP contribution is -2.25. The number of ether oxygens (including phenoxy) is 2. The zero-order valence-corrected chi connectivity index (χ0v) is 13.0. The smallest absolute Gasteiger partial charge is 0.354 e. The van der Waals surface area contributed by atoms with Gasteiger partial charge in [-0.3, -0.25) is 0 Å². The topological polar surface area (TPSA) is 64.6 Å². The molecule has 116 valence electrons. The second-order valence-corrected chi connectivity index (χ2v) is 5.12. The molecule has 5 nitrogen and oxygen atoms in total. The van der Waals surface area contributed by atoms with E-state index >= 15 is 0 Å². The van der Waals surface area contributed by atoms with Crippen LogP contribution < -0.4 is 5.32 Å². The molecule has 1 atom stereocenters. The number of benzene rings is 1. The van der Waals surface area contributed by atoms with Crippen LogP contribution >= 0.6 is 11.6 Å². The molecule has 0 spiro atoms. The number of esters is 2. The van der Waals surface area contributed by atoms with Gasteiger partial charge in [0, 0.05) is 5.02 Å². The van der Waals surface area contributed by atoms with Crippen LogP contribution in [0.25, 0.3) is 0 Å². The van der Waals surface area contributed by atoms with Gasteiger partial charge in [-0.05, 0) is 30.2 Å². The lowest BCUT2D eigenvalue weighted by atomic mass is 10.0. The maximum absolute atomic E-state index is 11.9. The molecule has 0 fully saturated rings. The van der Waals surface area contributed by atoms with Gasteiger partial charge in [0.2, 0.25) is 0 Å². The van der Waals surface area contributed by atoms with Gasteiger partial charge in [-0.2, -0.15) is 0 Å². The summed E-state index contributed by atoms with van der Waals surface area (Å²) in [6.45, 7) is 0. The normalized spacial score (nSPS) is 17.5. The third-order valence-electron chi connectivity index (χ3n) is 3.30. The van der Waals surface area contributed by atoms with Gasteiger partial charge in [-0.25, -0.2) is 9.59 Å². The Kier molecular flexibility index (Phi) is 5.22. The molecular weight excluding hydrogens is 306 g/mol. The molecule has 0 amide bonds. The molecule has 0 radical (unpaired) electrons. The van der Waals surface area contributed by atoms with Crippen molar-refractivity contribution in [3.05, 3.63) is 58.3 Å². The first-order valence-corrected chi connectivity index (χ1v) is 7.03. The van der Waals surface area contributed by atoms with Crippen molar-refractivity contribution < 1.29 is 19.1 Å². The largest absolute Gasteiger partial charge is 0.465 e. The van der Waals surface area contributed by atoms with Crippen molar-refractivity contribution in [2.24, 2.45) is 0 Å². The molecule has 0 aliphatic carbocycles. The van der Waals surface area contributed by atoms with Gasteiger partial charge in [0.05, 0.1) is 25.8 Å². The summed E-state index contributed by atoms with van der Waals surface area (Å²) in [5.41, 5.74) is 1.46. The number of hydrogen-bond acceptors (Lipinski definition) is 5. The first-order valence-electron chi connectivity index (χ1n) is 6.65. The number of hydrogen-bond donors (Lipinski definition) is 1. The van der Waals surface area contributed by atoms with E-state index in [1.54, 1.807) is 18.2 Å². The quantitative estimate of drug-likeness (QED) is 0.867. The number of carbonyl (C=O) groups excluding carboxylic acids is 2. The molecule has 0 saturated heterocycles. The van der Waals surface area contributed by atoms with Crippen molar-refractivity contribution in [3.63, 3.8) is 0 Å². The molecule has 1 aliphatic rings. The summed E-state index contributed by atoms with van der Waals surface area (Å²) in [5.74, 6) is -1.05. The Labute approximate surface area is 133 Å². The average Bonchev–Trinajstić information content (AvgIpc) is 2.77. The number of halogens is 1. The fourth-order valence-corrected chi connectivity index (χ4v) is 2.28. The Morgan fingerprint density at radius 1 is 1.14 bits per heavy atom. The van der Waals surface area contributed by atoms with Gasteiger partial charge in [-0.1, -0.05) is 29.8 Å². The van der Waals surface area contributed by atoms with Crippen molar-refractivity contribution in [1.82, 2.24) is 5.32 Å². The summed E-state index contributed by atoms with van der Waals surface area (Å²) in [7, 11) is 2.58. The highest BCUT2D eigenvalue weighted by atomic mass is 35.5. The van der Waals surface area contributed by atoms with E-state index in [-0.39, 0.29) is 11.7 Å². The van der Waals surface area contributed by atoms with E-state index in [0.717, 1.165) is 5.56 Å². The van der Waals surface area contributed by atoms with E-state index in [2.05, 4.69) is 5.32 Å². The van der Waals surface area contributed by atoms with E-state index in [1.165, 1.54) is 20.3 Å². The van der Waals surface area contributed by atoms with Gasteiger partial charge < -0.3 is 14.8 Å². The highest BCUT2D eigenvalue weighted by Crippen LogP contribution is 2.25. The Morgan fingerprint density at radius 2 is 1.77 bits per heavy atom. The standard InChI is InChI=1S/C16H16ClNO4/c1-21-15(19)11-5-8-13(10-3-6-12(17)7-4-10)18-14(9-11)16(20)22-2/h3-7,9,13,18H,8H2,1-2H3/t13-/m0/s1. The molecule has 2 rings (SSSR count). The first-order chi connectivity index (χ1) is 10.5. The summed E-state index contributed by atoms with van der Waals surface area (Å²) in [6.07, 6.45) is 3.69. The van der Waals surface area contributed by atoms with Crippen LogP contribution in [0.4, 0.5) is 0 Å². The third kappa shape index (κ3) is 3.68. The Balaban J connectivity index is 2.34. The summed E-state index contributed by atoms with van der Waals surface area (Å²) in [5, 5.41) is 3.73. The van der Waals surface area contributed by atoms with E-state index in [4.69, 9.17) is 21.1 Å². The fourth-order valence-electron chi connectivity index (χ4n) is 2.15. The summed E-state index contributed by atoms with van der Waals surface area (Å²) >= 11 is 5.89. The van der Waals surface area contributed by atoms with Crippen LogP contribution in [0.15, 0.2) is 47.7 Å².